The van der Waals surface area contributed by atoms with Crippen LogP contribution in [-0.4, -0.2) is 23.7 Å². The van der Waals surface area contributed by atoms with Gasteiger partial charge in [0.1, 0.15) is 5.82 Å². The molecule has 132 valence electrons. The zero-order valence-corrected chi connectivity index (χ0v) is 14.7. The molecule has 2 aromatic carbocycles. The van der Waals surface area contributed by atoms with Crippen LogP contribution in [0, 0.1) is 5.82 Å². The molecule has 0 aliphatic carbocycles. The lowest BCUT2D eigenvalue weighted by molar-refractivity contribution is -0.154. The number of hydrogen-bond donors (Lipinski definition) is 1. The monoisotopic (exact) mass is 361 g/mol. The molecule has 0 saturated heterocycles. The van der Waals surface area contributed by atoms with Gasteiger partial charge in [-0.2, -0.15) is 0 Å². The molecule has 1 unspecified atom stereocenters. The smallest absolute Gasteiger partial charge is 0.307 e. The molecule has 0 spiro atoms. The van der Waals surface area contributed by atoms with E-state index in [4.69, 9.17) is 4.74 Å². The average molecular weight is 361 g/mol. The number of esters is 1. The SMILES string of the molecule is CC(OC(=O)CCSc1ccccc1)C(=O)NCc1ccc(F)cc1. The van der Waals surface area contributed by atoms with E-state index in [1.807, 2.05) is 30.3 Å². The number of carbonyl (C=O) groups excluding carboxylic acids is 2. The lowest BCUT2D eigenvalue weighted by Gasteiger charge is -2.13. The fourth-order valence-electron chi connectivity index (χ4n) is 2.01. The van der Waals surface area contributed by atoms with E-state index in [1.165, 1.54) is 19.1 Å². The summed E-state index contributed by atoms with van der Waals surface area (Å²) in [5, 5.41) is 2.66. The lowest BCUT2D eigenvalue weighted by atomic mass is 10.2. The second-order valence-electron chi connectivity index (χ2n) is 5.39. The van der Waals surface area contributed by atoms with Gasteiger partial charge in [0.05, 0.1) is 6.42 Å². The van der Waals surface area contributed by atoms with Gasteiger partial charge in [-0.25, -0.2) is 4.39 Å². The molecule has 4 nitrogen and oxygen atoms in total. The van der Waals surface area contributed by atoms with Gasteiger partial charge < -0.3 is 10.1 Å². The van der Waals surface area contributed by atoms with Crippen molar-refractivity contribution in [1.29, 1.82) is 0 Å². The molecule has 0 aliphatic heterocycles. The van der Waals surface area contributed by atoms with Gasteiger partial charge in [0.15, 0.2) is 6.10 Å². The number of hydrogen-bond acceptors (Lipinski definition) is 4. The second-order valence-corrected chi connectivity index (χ2v) is 6.56. The molecular weight excluding hydrogens is 341 g/mol. The topological polar surface area (TPSA) is 55.4 Å². The van der Waals surface area contributed by atoms with Gasteiger partial charge in [-0.05, 0) is 36.8 Å². The molecule has 0 aliphatic rings. The highest BCUT2D eigenvalue weighted by atomic mass is 32.2. The van der Waals surface area contributed by atoms with Gasteiger partial charge in [-0.15, -0.1) is 11.8 Å². The maximum absolute atomic E-state index is 12.8. The van der Waals surface area contributed by atoms with E-state index >= 15 is 0 Å². The van der Waals surface area contributed by atoms with Crippen molar-refractivity contribution < 1.29 is 18.7 Å². The number of ether oxygens (including phenoxy) is 1. The van der Waals surface area contributed by atoms with Crippen molar-refractivity contribution in [2.45, 2.75) is 30.9 Å². The Labute approximate surface area is 150 Å². The summed E-state index contributed by atoms with van der Waals surface area (Å²) in [6.07, 6.45) is -0.635. The third-order valence-electron chi connectivity index (χ3n) is 3.38. The Morgan fingerprint density at radius 3 is 2.48 bits per heavy atom. The van der Waals surface area contributed by atoms with Gasteiger partial charge in [-0.1, -0.05) is 30.3 Å². The fourth-order valence-corrected chi connectivity index (χ4v) is 2.87. The summed E-state index contributed by atoms with van der Waals surface area (Å²) in [5.41, 5.74) is 0.771. The van der Waals surface area contributed by atoms with E-state index < -0.39 is 12.1 Å². The molecule has 0 aromatic heterocycles. The third-order valence-corrected chi connectivity index (χ3v) is 4.39. The molecule has 1 N–H and O–H groups in total. The van der Waals surface area contributed by atoms with Crippen LogP contribution in [0.3, 0.4) is 0 Å². The minimum absolute atomic E-state index is 0.231. The standard InChI is InChI=1S/C19H20FNO3S/c1-14(19(23)21-13-15-7-9-16(20)10-8-15)24-18(22)11-12-25-17-5-3-2-4-6-17/h2-10,14H,11-13H2,1H3,(H,21,23). The Balaban J connectivity index is 1.67. The first-order valence-electron chi connectivity index (χ1n) is 7.94. The van der Waals surface area contributed by atoms with E-state index in [2.05, 4.69) is 5.32 Å². The van der Waals surface area contributed by atoms with Crippen LogP contribution in [0.5, 0.6) is 0 Å². The van der Waals surface area contributed by atoms with Crippen molar-refractivity contribution >= 4 is 23.6 Å². The number of rotatable bonds is 8. The van der Waals surface area contributed by atoms with Crippen LogP contribution >= 0.6 is 11.8 Å². The molecule has 0 radical (unpaired) electrons. The fraction of sp³-hybridized carbons (Fsp3) is 0.263. The Kier molecular flexibility index (Phi) is 7.47. The first kappa shape index (κ1) is 19.0. The number of amides is 1. The van der Waals surface area contributed by atoms with Gasteiger partial charge in [-0.3, -0.25) is 9.59 Å². The molecule has 6 heteroatoms. The second kappa shape index (κ2) is 9.84. The largest absolute Gasteiger partial charge is 0.453 e. The van der Waals surface area contributed by atoms with Crippen molar-refractivity contribution in [3.8, 4) is 0 Å². The number of nitrogens with one attached hydrogen (secondary N) is 1. The molecule has 2 aromatic rings. The zero-order valence-electron chi connectivity index (χ0n) is 13.9. The summed E-state index contributed by atoms with van der Waals surface area (Å²) in [4.78, 5) is 24.8. The van der Waals surface area contributed by atoms with E-state index in [1.54, 1.807) is 23.9 Å². The van der Waals surface area contributed by atoms with E-state index in [0.717, 1.165) is 10.5 Å². The van der Waals surface area contributed by atoms with Crippen LogP contribution in [0.25, 0.3) is 0 Å². The van der Waals surface area contributed by atoms with E-state index in [-0.39, 0.29) is 24.7 Å². The van der Waals surface area contributed by atoms with Crippen LogP contribution in [0.1, 0.15) is 18.9 Å². The molecule has 0 bridgehead atoms. The molecule has 1 amide bonds. The summed E-state index contributed by atoms with van der Waals surface area (Å²) in [6, 6.07) is 15.6. The Hall–Kier alpha value is -2.34. The zero-order chi connectivity index (χ0) is 18.1. The lowest BCUT2D eigenvalue weighted by Crippen LogP contribution is -2.35. The van der Waals surface area contributed by atoms with Crippen LogP contribution in [-0.2, 0) is 20.9 Å². The summed E-state index contributed by atoms with van der Waals surface area (Å²) in [6.45, 7) is 1.78. The van der Waals surface area contributed by atoms with Gasteiger partial charge in [0.25, 0.3) is 5.91 Å². The number of thioether (sulfide) groups is 1. The number of carbonyl (C=O) groups is 2. The molecular formula is C19H20FNO3S. The van der Waals surface area contributed by atoms with Crippen molar-refractivity contribution in [3.05, 3.63) is 66.0 Å². The summed E-state index contributed by atoms with van der Waals surface area (Å²) >= 11 is 1.56. The molecule has 2 rings (SSSR count). The predicted molar refractivity (Wildman–Crippen MR) is 95.6 cm³/mol. The molecule has 25 heavy (non-hydrogen) atoms. The van der Waals surface area contributed by atoms with E-state index in [9.17, 15) is 14.0 Å². The number of benzene rings is 2. The van der Waals surface area contributed by atoms with Crippen molar-refractivity contribution in [3.63, 3.8) is 0 Å². The van der Waals surface area contributed by atoms with E-state index in [0.29, 0.717) is 5.75 Å². The quantitative estimate of drug-likeness (QED) is 0.577. The normalized spacial score (nSPS) is 11.6. The summed E-state index contributed by atoms with van der Waals surface area (Å²) in [5.74, 6) is -0.528. The van der Waals surface area contributed by atoms with Crippen molar-refractivity contribution in [1.82, 2.24) is 5.32 Å². The average Bonchev–Trinajstić information content (AvgIpc) is 2.61. The predicted octanol–water partition coefficient (Wildman–Crippen LogP) is 3.56. The maximum atomic E-state index is 12.8. The summed E-state index contributed by atoms with van der Waals surface area (Å²) in [7, 11) is 0. The Morgan fingerprint density at radius 2 is 1.80 bits per heavy atom. The van der Waals surface area contributed by atoms with Crippen LogP contribution in [0.4, 0.5) is 4.39 Å². The molecule has 1 atom stereocenters. The van der Waals surface area contributed by atoms with Crippen molar-refractivity contribution in [2.75, 3.05) is 5.75 Å². The van der Waals surface area contributed by atoms with Crippen LogP contribution in [0.2, 0.25) is 0 Å². The minimum Gasteiger partial charge on any atom is -0.453 e. The first-order chi connectivity index (χ1) is 12.0. The molecule has 0 heterocycles. The highest BCUT2D eigenvalue weighted by Crippen LogP contribution is 2.18. The maximum Gasteiger partial charge on any atom is 0.307 e. The highest BCUT2D eigenvalue weighted by molar-refractivity contribution is 7.99. The highest BCUT2D eigenvalue weighted by Gasteiger charge is 2.17. The van der Waals surface area contributed by atoms with Gasteiger partial charge >= 0.3 is 5.97 Å². The Morgan fingerprint density at radius 1 is 1.12 bits per heavy atom. The number of halogens is 1. The van der Waals surface area contributed by atoms with Gasteiger partial charge in [0.2, 0.25) is 0 Å². The minimum atomic E-state index is -0.866. The third kappa shape index (κ3) is 6.97. The van der Waals surface area contributed by atoms with Crippen molar-refractivity contribution in [2.24, 2.45) is 0 Å². The molecule has 0 saturated carbocycles. The molecule has 0 fully saturated rings. The van der Waals surface area contributed by atoms with Crippen LogP contribution < -0.4 is 5.32 Å². The van der Waals surface area contributed by atoms with Crippen LogP contribution in [0.15, 0.2) is 59.5 Å². The summed E-state index contributed by atoms with van der Waals surface area (Å²) < 4.78 is 18.0. The Bertz CT molecular complexity index is 692. The van der Waals surface area contributed by atoms with Gasteiger partial charge in [0, 0.05) is 17.2 Å². The first-order valence-corrected chi connectivity index (χ1v) is 8.92.